The van der Waals surface area contributed by atoms with Crippen molar-refractivity contribution in [1.82, 2.24) is 4.98 Å². The van der Waals surface area contributed by atoms with Gasteiger partial charge in [-0.1, -0.05) is 0 Å². The van der Waals surface area contributed by atoms with E-state index in [9.17, 15) is 22.0 Å². The number of nitrogens with one attached hydrogen (secondary N) is 1. The van der Waals surface area contributed by atoms with Gasteiger partial charge in [0.15, 0.2) is 0 Å². The molecule has 0 amide bonds. The van der Waals surface area contributed by atoms with Gasteiger partial charge in [0.25, 0.3) is 15.5 Å². The summed E-state index contributed by atoms with van der Waals surface area (Å²) in [5, 5.41) is 0. The molecular weight excluding hydrogens is 319 g/mol. The number of aromatic nitrogens is 1. The topological polar surface area (TPSA) is 67.0 Å². The predicted molar refractivity (Wildman–Crippen MR) is 52.8 cm³/mol. The van der Waals surface area contributed by atoms with Crippen molar-refractivity contribution in [2.45, 2.75) is 11.3 Å². The first-order chi connectivity index (χ1) is 6.75. The van der Waals surface area contributed by atoms with Crippen molar-refractivity contribution in [2.24, 2.45) is 0 Å². The van der Waals surface area contributed by atoms with Crippen LogP contribution in [0.3, 0.4) is 0 Å². The molecule has 0 aliphatic heterocycles. The van der Waals surface area contributed by atoms with Gasteiger partial charge >= 0.3 is 0 Å². The van der Waals surface area contributed by atoms with E-state index in [-0.39, 0.29) is 0 Å². The van der Waals surface area contributed by atoms with Gasteiger partial charge < -0.3 is 4.98 Å². The monoisotopic (exact) mass is 321 g/mol. The molecule has 1 rings (SSSR count). The van der Waals surface area contributed by atoms with Crippen LogP contribution in [-0.4, -0.2) is 13.4 Å². The largest absolute Gasteiger partial charge is 0.358 e. The summed E-state index contributed by atoms with van der Waals surface area (Å²) in [6, 6.07) is 0. The van der Waals surface area contributed by atoms with Crippen LogP contribution in [0.15, 0.2) is 20.4 Å². The third-order valence-electron chi connectivity index (χ3n) is 1.50. The Morgan fingerprint density at radius 3 is 2.40 bits per heavy atom. The summed E-state index contributed by atoms with van der Waals surface area (Å²) in [7, 11) is 0.667. The molecule has 0 unspecified atom stereocenters. The first-order valence-corrected chi connectivity index (χ1v) is 6.49. The van der Waals surface area contributed by atoms with Crippen molar-refractivity contribution < 1.29 is 17.2 Å². The molecule has 1 aromatic rings. The lowest BCUT2D eigenvalue weighted by atomic mass is 10.3. The second kappa shape index (κ2) is 4.18. The molecule has 0 fully saturated rings. The maximum Gasteiger partial charge on any atom is 0.279 e. The summed E-state index contributed by atoms with van der Waals surface area (Å²) in [6.45, 7) is 0. The molecule has 0 bridgehead atoms. The summed E-state index contributed by atoms with van der Waals surface area (Å²) < 4.78 is 45.6. The number of pyridine rings is 1. The molecular formula is C6H3BrClF2NO3S. The molecule has 0 aliphatic rings. The number of aromatic amines is 1. The average molecular weight is 323 g/mol. The normalized spacial score (nSPS) is 12.1. The second-order valence-corrected chi connectivity index (χ2v) is 5.78. The van der Waals surface area contributed by atoms with E-state index in [1.54, 1.807) is 0 Å². The van der Waals surface area contributed by atoms with Crippen molar-refractivity contribution in [3.8, 4) is 0 Å². The highest BCUT2D eigenvalue weighted by molar-refractivity contribution is 9.10. The lowest BCUT2D eigenvalue weighted by molar-refractivity contribution is 0.145. The van der Waals surface area contributed by atoms with Crippen LogP contribution < -0.4 is 5.43 Å². The van der Waals surface area contributed by atoms with Crippen molar-refractivity contribution in [3.63, 3.8) is 0 Å². The number of rotatable bonds is 2. The standard InChI is InChI=1S/C6H3BrClF2NO3S/c7-3-4(6(9)10)11-1-2(5(3)12)15(8,13)14/h1,6H,(H,11,12). The minimum atomic E-state index is -4.24. The van der Waals surface area contributed by atoms with Gasteiger partial charge in [0, 0.05) is 16.9 Å². The van der Waals surface area contributed by atoms with E-state index < -0.39 is 36.0 Å². The fraction of sp³-hybridized carbons (Fsp3) is 0.167. The number of H-pyrrole nitrogens is 1. The molecule has 84 valence electrons. The second-order valence-electron chi connectivity index (χ2n) is 2.45. The first-order valence-electron chi connectivity index (χ1n) is 3.39. The summed E-state index contributed by atoms with van der Waals surface area (Å²) in [5.74, 6) is 0. The van der Waals surface area contributed by atoms with E-state index in [2.05, 4.69) is 15.9 Å². The number of hydrogen-bond donors (Lipinski definition) is 1. The molecule has 9 heteroatoms. The molecule has 0 aromatic carbocycles. The Morgan fingerprint density at radius 1 is 1.47 bits per heavy atom. The van der Waals surface area contributed by atoms with Crippen molar-refractivity contribution in [3.05, 3.63) is 26.6 Å². The Bertz CT molecular complexity index is 542. The van der Waals surface area contributed by atoms with Crippen LogP contribution in [0.4, 0.5) is 8.78 Å². The van der Waals surface area contributed by atoms with Gasteiger partial charge in [-0.2, -0.15) is 0 Å². The van der Waals surface area contributed by atoms with Gasteiger partial charge in [-0.15, -0.1) is 0 Å². The van der Waals surface area contributed by atoms with Crippen molar-refractivity contribution in [1.29, 1.82) is 0 Å². The van der Waals surface area contributed by atoms with E-state index in [0.717, 1.165) is 0 Å². The number of hydrogen-bond acceptors (Lipinski definition) is 3. The highest BCUT2D eigenvalue weighted by Gasteiger charge is 2.22. The fourth-order valence-electron chi connectivity index (χ4n) is 0.843. The van der Waals surface area contributed by atoms with Crippen LogP contribution in [-0.2, 0) is 9.05 Å². The van der Waals surface area contributed by atoms with Crippen LogP contribution >= 0.6 is 26.6 Å². The van der Waals surface area contributed by atoms with Crippen LogP contribution in [0.1, 0.15) is 12.1 Å². The van der Waals surface area contributed by atoms with Crippen molar-refractivity contribution in [2.75, 3.05) is 0 Å². The Balaban J connectivity index is 3.56. The number of alkyl halides is 2. The molecule has 1 heterocycles. The summed E-state index contributed by atoms with van der Waals surface area (Å²) in [6.07, 6.45) is -2.28. The molecule has 0 spiro atoms. The van der Waals surface area contributed by atoms with Gasteiger partial charge in [-0.3, -0.25) is 4.79 Å². The van der Waals surface area contributed by atoms with Crippen LogP contribution in [0.5, 0.6) is 0 Å². The predicted octanol–water partition coefficient (Wildman–Crippen LogP) is 2.00. The van der Waals surface area contributed by atoms with Gasteiger partial charge in [-0.25, -0.2) is 17.2 Å². The molecule has 0 radical (unpaired) electrons. The van der Waals surface area contributed by atoms with E-state index in [0.29, 0.717) is 6.20 Å². The van der Waals surface area contributed by atoms with E-state index >= 15 is 0 Å². The quantitative estimate of drug-likeness (QED) is 0.847. The minimum absolute atomic E-state index is 0.542. The average Bonchev–Trinajstić information content (AvgIpc) is 2.06. The Hall–Kier alpha value is -0.470. The first kappa shape index (κ1) is 12.6. The van der Waals surface area contributed by atoms with Crippen LogP contribution in [0, 0.1) is 0 Å². The van der Waals surface area contributed by atoms with Crippen LogP contribution in [0.2, 0.25) is 0 Å². The van der Waals surface area contributed by atoms with Gasteiger partial charge in [0.05, 0.1) is 4.47 Å². The molecule has 0 aliphatic carbocycles. The van der Waals surface area contributed by atoms with E-state index in [1.165, 1.54) is 0 Å². The van der Waals surface area contributed by atoms with Gasteiger partial charge in [0.2, 0.25) is 5.43 Å². The molecule has 15 heavy (non-hydrogen) atoms. The zero-order chi connectivity index (χ0) is 11.8. The maximum atomic E-state index is 12.3. The lowest BCUT2D eigenvalue weighted by Crippen LogP contribution is -2.15. The summed E-state index contributed by atoms with van der Waals surface area (Å²) in [4.78, 5) is 12.5. The van der Waals surface area contributed by atoms with Gasteiger partial charge in [0.1, 0.15) is 10.6 Å². The Morgan fingerprint density at radius 2 is 2.00 bits per heavy atom. The van der Waals surface area contributed by atoms with E-state index in [4.69, 9.17) is 10.7 Å². The van der Waals surface area contributed by atoms with Gasteiger partial charge in [-0.05, 0) is 15.9 Å². The lowest BCUT2D eigenvalue weighted by Gasteiger charge is -2.03. The third kappa shape index (κ3) is 2.56. The molecule has 4 nitrogen and oxygen atoms in total. The molecule has 0 saturated carbocycles. The molecule has 0 saturated heterocycles. The zero-order valence-electron chi connectivity index (χ0n) is 6.80. The van der Waals surface area contributed by atoms with Crippen molar-refractivity contribution >= 4 is 35.7 Å². The summed E-state index contributed by atoms with van der Waals surface area (Å²) >= 11 is 2.58. The van der Waals surface area contributed by atoms with Crippen LogP contribution in [0.25, 0.3) is 0 Å². The highest BCUT2D eigenvalue weighted by atomic mass is 79.9. The smallest absolute Gasteiger partial charge is 0.279 e. The summed E-state index contributed by atoms with van der Waals surface area (Å²) in [5.41, 5.74) is -1.79. The van der Waals surface area contributed by atoms with E-state index in [1.807, 2.05) is 4.98 Å². The minimum Gasteiger partial charge on any atom is -0.358 e. The SMILES string of the molecule is O=c1c(S(=O)(=O)Cl)c[nH]c(C(F)F)c1Br. The zero-order valence-corrected chi connectivity index (χ0v) is 9.96. The third-order valence-corrected chi connectivity index (χ3v) is 3.61. The fourth-order valence-corrected chi connectivity index (χ4v) is 2.34. The molecule has 1 aromatic heterocycles. The maximum absolute atomic E-state index is 12.3. The Kier molecular flexibility index (Phi) is 3.51. The molecule has 1 N–H and O–H groups in total. The Labute approximate surface area is 95.8 Å². The molecule has 0 atom stereocenters. The number of halogens is 4. The highest BCUT2D eigenvalue weighted by Crippen LogP contribution is 2.24.